The molecule has 4 nitrogen and oxygen atoms in total. The third-order valence-corrected chi connectivity index (χ3v) is 2.56. The fourth-order valence-corrected chi connectivity index (χ4v) is 1.90. The number of nitrogens with zero attached hydrogens (tertiary/aromatic N) is 3. The van der Waals surface area contributed by atoms with Crippen LogP contribution in [-0.2, 0) is 6.54 Å². The van der Waals surface area contributed by atoms with E-state index in [0.717, 1.165) is 26.1 Å². The predicted octanol–water partition coefficient (Wildman–Crippen LogP) is 0.400. The van der Waals surface area contributed by atoms with Crippen LogP contribution in [0.3, 0.4) is 0 Å². The molecule has 0 aromatic carbocycles. The second-order valence-electron chi connectivity index (χ2n) is 3.88. The molecule has 76 valence electrons. The molecule has 0 bridgehead atoms. The van der Waals surface area contributed by atoms with E-state index < -0.39 is 0 Å². The minimum absolute atomic E-state index is 0.341. The van der Waals surface area contributed by atoms with E-state index in [2.05, 4.69) is 14.9 Å². The Hall–Kier alpha value is -1.00. The molecule has 4 heteroatoms. The van der Waals surface area contributed by atoms with Gasteiger partial charge in [0.05, 0.1) is 0 Å². The van der Waals surface area contributed by atoms with Gasteiger partial charge in [0, 0.05) is 37.1 Å². The molecule has 0 spiro atoms. The number of rotatable bonds is 2. The normalized spacial score (nSPS) is 23.6. The molecule has 1 aliphatic heterocycles. The van der Waals surface area contributed by atoms with Gasteiger partial charge < -0.3 is 5.73 Å². The fraction of sp³-hybridized carbons (Fsp3) is 0.600. The molecule has 0 aliphatic carbocycles. The number of aromatic nitrogens is 2. The van der Waals surface area contributed by atoms with Gasteiger partial charge in [0.2, 0.25) is 0 Å². The standard InChI is InChI=1S/C10H16N4/c11-10-2-1-3-14(7-10)6-9-4-12-8-13-5-9/h4-5,8,10H,1-3,6-7,11H2/t10-/m1/s1. The second-order valence-corrected chi connectivity index (χ2v) is 3.88. The summed E-state index contributed by atoms with van der Waals surface area (Å²) >= 11 is 0. The Kier molecular flexibility index (Phi) is 3.06. The third kappa shape index (κ3) is 2.49. The van der Waals surface area contributed by atoms with Crippen LogP contribution in [0.25, 0.3) is 0 Å². The summed E-state index contributed by atoms with van der Waals surface area (Å²) in [5, 5.41) is 0. The number of hydrogen-bond acceptors (Lipinski definition) is 4. The molecule has 1 aromatic rings. The molecular weight excluding hydrogens is 176 g/mol. The summed E-state index contributed by atoms with van der Waals surface area (Å²) in [6, 6.07) is 0.341. The van der Waals surface area contributed by atoms with E-state index in [-0.39, 0.29) is 0 Å². The zero-order chi connectivity index (χ0) is 9.80. The number of nitrogens with two attached hydrogens (primary N) is 1. The minimum Gasteiger partial charge on any atom is -0.327 e. The quantitative estimate of drug-likeness (QED) is 0.737. The molecule has 2 heterocycles. The predicted molar refractivity (Wildman–Crippen MR) is 54.5 cm³/mol. The summed E-state index contributed by atoms with van der Waals surface area (Å²) in [7, 11) is 0. The molecule has 1 fully saturated rings. The van der Waals surface area contributed by atoms with Crippen molar-refractivity contribution in [2.75, 3.05) is 13.1 Å². The van der Waals surface area contributed by atoms with Crippen LogP contribution in [0, 0.1) is 0 Å². The van der Waals surface area contributed by atoms with Crippen LogP contribution in [0.15, 0.2) is 18.7 Å². The Morgan fingerprint density at radius 1 is 1.43 bits per heavy atom. The summed E-state index contributed by atoms with van der Waals surface area (Å²) in [5.74, 6) is 0. The summed E-state index contributed by atoms with van der Waals surface area (Å²) in [6.45, 7) is 3.06. The Morgan fingerprint density at radius 3 is 2.93 bits per heavy atom. The van der Waals surface area contributed by atoms with Crippen molar-refractivity contribution < 1.29 is 0 Å². The summed E-state index contributed by atoms with van der Waals surface area (Å²) in [4.78, 5) is 10.4. The highest BCUT2D eigenvalue weighted by Crippen LogP contribution is 2.11. The van der Waals surface area contributed by atoms with Gasteiger partial charge in [0.15, 0.2) is 0 Å². The zero-order valence-electron chi connectivity index (χ0n) is 8.26. The van der Waals surface area contributed by atoms with Gasteiger partial charge in [-0.05, 0) is 19.4 Å². The first-order valence-electron chi connectivity index (χ1n) is 5.06. The minimum atomic E-state index is 0.341. The second kappa shape index (κ2) is 4.48. The lowest BCUT2D eigenvalue weighted by Crippen LogP contribution is -2.42. The number of piperidine rings is 1. The lowest BCUT2D eigenvalue weighted by Gasteiger charge is -2.30. The summed E-state index contributed by atoms with van der Waals surface area (Å²) < 4.78 is 0. The first-order chi connectivity index (χ1) is 6.84. The Bertz CT molecular complexity index is 275. The van der Waals surface area contributed by atoms with Crippen LogP contribution in [-0.4, -0.2) is 34.0 Å². The van der Waals surface area contributed by atoms with Crippen molar-refractivity contribution in [3.63, 3.8) is 0 Å². The summed E-state index contributed by atoms with van der Waals surface area (Å²) in [6.07, 6.45) is 7.66. The van der Waals surface area contributed by atoms with E-state index in [1.54, 1.807) is 6.33 Å². The maximum atomic E-state index is 5.91. The van der Waals surface area contributed by atoms with E-state index >= 15 is 0 Å². The van der Waals surface area contributed by atoms with Crippen molar-refractivity contribution in [2.24, 2.45) is 5.73 Å². The van der Waals surface area contributed by atoms with Gasteiger partial charge in [-0.15, -0.1) is 0 Å². The van der Waals surface area contributed by atoms with Crippen LogP contribution in [0.4, 0.5) is 0 Å². The lowest BCUT2D eigenvalue weighted by atomic mass is 10.1. The summed E-state index contributed by atoms with van der Waals surface area (Å²) in [5.41, 5.74) is 7.07. The average Bonchev–Trinajstić information content (AvgIpc) is 2.19. The van der Waals surface area contributed by atoms with Gasteiger partial charge in [0.1, 0.15) is 6.33 Å². The lowest BCUT2D eigenvalue weighted by molar-refractivity contribution is 0.201. The van der Waals surface area contributed by atoms with Gasteiger partial charge in [-0.2, -0.15) is 0 Å². The van der Waals surface area contributed by atoms with Crippen molar-refractivity contribution in [2.45, 2.75) is 25.4 Å². The first-order valence-corrected chi connectivity index (χ1v) is 5.06. The van der Waals surface area contributed by atoms with E-state index in [1.807, 2.05) is 12.4 Å². The highest BCUT2D eigenvalue weighted by atomic mass is 15.1. The molecule has 0 radical (unpaired) electrons. The van der Waals surface area contributed by atoms with E-state index in [4.69, 9.17) is 5.73 Å². The van der Waals surface area contributed by atoms with Gasteiger partial charge in [-0.1, -0.05) is 0 Å². The maximum absolute atomic E-state index is 5.91. The molecule has 1 aliphatic rings. The Morgan fingerprint density at radius 2 is 2.21 bits per heavy atom. The van der Waals surface area contributed by atoms with Gasteiger partial charge in [-0.3, -0.25) is 4.90 Å². The molecule has 2 N–H and O–H groups in total. The largest absolute Gasteiger partial charge is 0.327 e. The topological polar surface area (TPSA) is 55.0 Å². The van der Waals surface area contributed by atoms with Crippen LogP contribution >= 0.6 is 0 Å². The van der Waals surface area contributed by atoms with Crippen LogP contribution < -0.4 is 5.73 Å². The molecule has 1 atom stereocenters. The number of likely N-dealkylation sites (tertiary alicyclic amines) is 1. The molecule has 14 heavy (non-hydrogen) atoms. The Labute approximate surface area is 84.2 Å². The van der Waals surface area contributed by atoms with E-state index in [0.29, 0.717) is 6.04 Å². The molecule has 2 rings (SSSR count). The van der Waals surface area contributed by atoms with Crippen molar-refractivity contribution in [3.05, 3.63) is 24.3 Å². The SMILES string of the molecule is N[C@@H]1CCCN(Cc2cncnc2)C1. The van der Waals surface area contributed by atoms with Crippen molar-refractivity contribution >= 4 is 0 Å². The highest BCUT2D eigenvalue weighted by Gasteiger charge is 2.16. The molecule has 1 aromatic heterocycles. The Balaban J connectivity index is 1.91. The molecule has 1 saturated heterocycles. The fourth-order valence-electron chi connectivity index (χ4n) is 1.90. The van der Waals surface area contributed by atoms with Gasteiger partial charge in [0.25, 0.3) is 0 Å². The van der Waals surface area contributed by atoms with Crippen LogP contribution in [0.1, 0.15) is 18.4 Å². The smallest absolute Gasteiger partial charge is 0.115 e. The van der Waals surface area contributed by atoms with Crippen molar-refractivity contribution in [3.8, 4) is 0 Å². The monoisotopic (exact) mass is 192 g/mol. The molecule has 0 saturated carbocycles. The van der Waals surface area contributed by atoms with E-state index in [9.17, 15) is 0 Å². The molecule has 0 unspecified atom stereocenters. The maximum Gasteiger partial charge on any atom is 0.115 e. The van der Waals surface area contributed by atoms with E-state index in [1.165, 1.54) is 12.0 Å². The first kappa shape index (κ1) is 9.55. The number of hydrogen-bond donors (Lipinski definition) is 1. The third-order valence-electron chi connectivity index (χ3n) is 2.56. The molecular formula is C10H16N4. The highest BCUT2D eigenvalue weighted by molar-refractivity contribution is 5.02. The van der Waals surface area contributed by atoms with Crippen LogP contribution in [0.5, 0.6) is 0 Å². The van der Waals surface area contributed by atoms with Gasteiger partial charge >= 0.3 is 0 Å². The van der Waals surface area contributed by atoms with Crippen molar-refractivity contribution in [1.29, 1.82) is 0 Å². The zero-order valence-corrected chi connectivity index (χ0v) is 8.26. The average molecular weight is 192 g/mol. The van der Waals surface area contributed by atoms with Gasteiger partial charge in [-0.25, -0.2) is 9.97 Å². The van der Waals surface area contributed by atoms with Crippen molar-refractivity contribution in [1.82, 2.24) is 14.9 Å². The molecule has 0 amide bonds. The van der Waals surface area contributed by atoms with Crippen LogP contribution in [0.2, 0.25) is 0 Å².